The lowest BCUT2D eigenvalue weighted by atomic mass is 10.00. The maximum atomic E-state index is 13.1. The average Bonchev–Trinajstić information content (AvgIpc) is 2.20. The van der Waals surface area contributed by atoms with E-state index in [0.717, 1.165) is 0 Å². The molecule has 0 saturated heterocycles. The lowest BCUT2D eigenvalue weighted by Crippen LogP contribution is -2.09. The first-order valence-corrected chi connectivity index (χ1v) is 4.26. The van der Waals surface area contributed by atoms with Gasteiger partial charge in [-0.3, -0.25) is 4.79 Å². The number of hydrogen-bond donors (Lipinski definition) is 0. The van der Waals surface area contributed by atoms with E-state index in [-0.39, 0.29) is 11.3 Å². The standard InChI is InChI=1S/C11H10FNO/c1-7-3-4-9(5-10(7)12)11(14)8(2)6-13/h3-5,8H,1-2H3. The number of hydrogen-bond acceptors (Lipinski definition) is 2. The lowest BCUT2D eigenvalue weighted by Gasteiger charge is -2.03. The van der Waals surface area contributed by atoms with Crippen molar-refractivity contribution in [2.24, 2.45) is 5.92 Å². The van der Waals surface area contributed by atoms with Gasteiger partial charge in [-0.15, -0.1) is 0 Å². The van der Waals surface area contributed by atoms with Crippen LogP contribution in [0.5, 0.6) is 0 Å². The van der Waals surface area contributed by atoms with E-state index >= 15 is 0 Å². The van der Waals surface area contributed by atoms with Crippen LogP contribution >= 0.6 is 0 Å². The molecule has 0 aromatic heterocycles. The highest BCUT2D eigenvalue weighted by Crippen LogP contribution is 2.13. The summed E-state index contributed by atoms with van der Waals surface area (Å²) in [5.74, 6) is -1.48. The van der Waals surface area contributed by atoms with Crippen molar-refractivity contribution in [2.45, 2.75) is 13.8 Å². The van der Waals surface area contributed by atoms with Crippen molar-refractivity contribution >= 4 is 5.78 Å². The molecule has 14 heavy (non-hydrogen) atoms. The van der Waals surface area contributed by atoms with Crippen molar-refractivity contribution in [1.29, 1.82) is 5.26 Å². The van der Waals surface area contributed by atoms with Crippen molar-refractivity contribution in [2.75, 3.05) is 0 Å². The Morgan fingerprint density at radius 1 is 1.57 bits per heavy atom. The van der Waals surface area contributed by atoms with Crippen LogP contribution < -0.4 is 0 Å². The predicted molar refractivity (Wildman–Crippen MR) is 50.2 cm³/mol. The summed E-state index contributed by atoms with van der Waals surface area (Å²) in [5.41, 5.74) is 0.744. The number of benzene rings is 1. The number of nitrogens with zero attached hydrogens (tertiary/aromatic N) is 1. The number of nitriles is 1. The fourth-order valence-corrected chi connectivity index (χ4v) is 1.05. The van der Waals surface area contributed by atoms with E-state index in [9.17, 15) is 9.18 Å². The number of rotatable bonds is 2. The summed E-state index contributed by atoms with van der Waals surface area (Å²) in [4.78, 5) is 11.5. The minimum absolute atomic E-state index is 0.252. The van der Waals surface area contributed by atoms with E-state index in [4.69, 9.17) is 5.26 Å². The topological polar surface area (TPSA) is 40.9 Å². The number of ketones is 1. The van der Waals surface area contributed by atoms with E-state index in [2.05, 4.69) is 0 Å². The zero-order chi connectivity index (χ0) is 10.7. The molecule has 0 amide bonds. The highest BCUT2D eigenvalue weighted by molar-refractivity contribution is 5.99. The molecule has 0 N–H and O–H groups in total. The van der Waals surface area contributed by atoms with E-state index in [1.54, 1.807) is 6.92 Å². The zero-order valence-electron chi connectivity index (χ0n) is 8.04. The maximum Gasteiger partial charge on any atom is 0.179 e. The van der Waals surface area contributed by atoms with Gasteiger partial charge in [0.05, 0.1) is 6.07 Å². The Hall–Kier alpha value is -1.69. The van der Waals surface area contributed by atoms with E-state index < -0.39 is 11.7 Å². The minimum Gasteiger partial charge on any atom is -0.293 e. The van der Waals surface area contributed by atoms with Crippen LogP contribution in [0.4, 0.5) is 4.39 Å². The number of carbonyl (C=O) groups excluding carboxylic acids is 1. The Kier molecular flexibility index (Phi) is 2.98. The molecule has 0 aliphatic carbocycles. The van der Waals surface area contributed by atoms with Crippen molar-refractivity contribution in [3.63, 3.8) is 0 Å². The van der Waals surface area contributed by atoms with Gasteiger partial charge in [0.2, 0.25) is 0 Å². The van der Waals surface area contributed by atoms with Gasteiger partial charge in [-0.1, -0.05) is 12.1 Å². The van der Waals surface area contributed by atoms with Crippen LogP contribution in [0.15, 0.2) is 18.2 Å². The molecule has 72 valence electrons. The number of carbonyl (C=O) groups is 1. The third kappa shape index (κ3) is 1.97. The van der Waals surface area contributed by atoms with E-state index in [0.29, 0.717) is 5.56 Å². The molecule has 1 rings (SSSR count). The normalized spacial score (nSPS) is 11.9. The summed E-state index contributed by atoms with van der Waals surface area (Å²) in [6.07, 6.45) is 0. The molecule has 1 unspecified atom stereocenters. The smallest absolute Gasteiger partial charge is 0.179 e. The van der Waals surface area contributed by atoms with Gasteiger partial charge < -0.3 is 0 Å². The molecule has 1 aromatic carbocycles. The molecule has 0 saturated carbocycles. The molecule has 1 aromatic rings. The number of Topliss-reactive ketones (excluding diaryl/α,β-unsaturated/α-hetero) is 1. The van der Waals surface area contributed by atoms with Crippen molar-refractivity contribution in [3.05, 3.63) is 35.1 Å². The summed E-state index contributed by atoms with van der Waals surface area (Å²) in [5, 5.41) is 8.53. The second kappa shape index (κ2) is 4.01. The largest absolute Gasteiger partial charge is 0.293 e. The molecule has 0 fully saturated rings. The van der Waals surface area contributed by atoms with Gasteiger partial charge in [-0.25, -0.2) is 4.39 Å². The van der Waals surface area contributed by atoms with Crippen LogP contribution in [0.3, 0.4) is 0 Å². The first kappa shape index (κ1) is 10.4. The van der Waals surface area contributed by atoms with Crippen molar-refractivity contribution in [1.82, 2.24) is 0 Å². The minimum atomic E-state index is -0.725. The first-order chi connectivity index (χ1) is 6.56. The van der Waals surface area contributed by atoms with Gasteiger partial charge in [0.15, 0.2) is 5.78 Å². The molecule has 0 heterocycles. The second-order valence-corrected chi connectivity index (χ2v) is 3.18. The third-order valence-corrected chi connectivity index (χ3v) is 2.04. The van der Waals surface area contributed by atoms with Gasteiger partial charge in [-0.2, -0.15) is 5.26 Å². The maximum absolute atomic E-state index is 13.1. The summed E-state index contributed by atoms with van der Waals surface area (Å²) in [6.45, 7) is 3.12. The first-order valence-electron chi connectivity index (χ1n) is 4.26. The molecule has 0 radical (unpaired) electrons. The third-order valence-electron chi connectivity index (χ3n) is 2.04. The molecule has 0 aliphatic rings. The average molecular weight is 191 g/mol. The molecule has 3 heteroatoms. The highest BCUT2D eigenvalue weighted by Gasteiger charge is 2.15. The lowest BCUT2D eigenvalue weighted by molar-refractivity contribution is 0.0956. The SMILES string of the molecule is Cc1ccc(C(=O)C(C)C#N)cc1F. The van der Waals surface area contributed by atoms with Gasteiger partial charge in [-0.05, 0) is 25.5 Å². The van der Waals surface area contributed by atoms with Gasteiger partial charge >= 0.3 is 0 Å². The molecule has 0 spiro atoms. The predicted octanol–water partition coefficient (Wildman–Crippen LogP) is 2.48. The van der Waals surface area contributed by atoms with Crippen LogP contribution in [0.1, 0.15) is 22.8 Å². The Morgan fingerprint density at radius 3 is 2.71 bits per heavy atom. The van der Waals surface area contributed by atoms with Crippen molar-refractivity contribution in [3.8, 4) is 6.07 Å². The molecular weight excluding hydrogens is 181 g/mol. The summed E-state index contributed by atoms with van der Waals surface area (Å²) >= 11 is 0. The Bertz CT molecular complexity index is 406. The number of halogens is 1. The summed E-state index contributed by atoms with van der Waals surface area (Å²) in [7, 11) is 0. The van der Waals surface area contributed by atoms with Gasteiger partial charge in [0, 0.05) is 5.56 Å². The van der Waals surface area contributed by atoms with E-state index in [1.165, 1.54) is 25.1 Å². The van der Waals surface area contributed by atoms with Gasteiger partial charge in [0.1, 0.15) is 11.7 Å². The fourth-order valence-electron chi connectivity index (χ4n) is 1.05. The Balaban J connectivity index is 3.04. The van der Waals surface area contributed by atoms with Crippen LogP contribution in [0.2, 0.25) is 0 Å². The van der Waals surface area contributed by atoms with E-state index in [1.807, 2.05) is 6.07 Å². The van der Waals surface area contributed by atoms with Crippen LogP contribution in [-0.2, 0) is 0 Å². The summed E-state index contributed by atoms with van der Waals surface area (Å²) in [6, 6.07) is 6.07. The zero-order valence-corrected chi connectivity index (χ0v) is 8.04. The molecular formula is C11H10FNO. The molecule has 0 aliphatic heterocycles. The Labute approximate surface area is 82.0 Å². The summed E-state index contributed by atoms with van der Waals surface area (Å²) < 4.78 is 13.1. The molecule has 0 bridgehead atoms. The van der Waals surface area contributed by atoms with Crippen LogP contribution in [0.25, 0.3) is 0 Å². The second-order valence-electron chi connectivity index (χ2n) is 3.18. The Morgan fingerprint density at radius 2 is 2.21 bits per heavy atom. The molecule has 2 nitrogen and oxygen atoms in total. The number of aryl methyl sites for hydroxylation is 1. The monoisotopic (exact) mass is 191 g/mol. The molecule has 1 atom stereocenters. The fraction of sp³-hybridized carbons (Fsp3) is 0.273. The van der Waals surface area contributed by atoms with Gasteiger partial charge in [0.25, 0.3) is 0 Å². The quantitative estimate of drug-likeness (QED) is 0.674. The highest BCUT2D eigenvalue weighted by atomic mass is 19.1. The van der Waals surface area contributed by atoms with Crippen LogP contribution in [-0.4, -0.2) is 5.78 Å². The van der Waals surface area contributed by atoms with Crippen molar-refractivity contribution < 1.29 is 9.18 Å². The van der Waals surface area contributed by atoms with Crippen LogP contribution in [0, 0.1) is 30.0 Å².